The van der Waals surface area contributed by atoms with E-state index in [1.807, 2.05) is 27.7 Å². The van der Waals surface area contributed by atoms with Gasteiger partial charge in [-0.2, -0.15) is 0 Å². The lowest BCUT2D eigenvalue weighted by molar-refractivity contribution is -0.137. The Balaban J connectivity index is 2.66. The van der Waals surface area contributed by atoms with Crippen molar-refractivity contribution >= 4 is 70.9 Å². The Morgan fingerprint density at radius 2 is 1.03 bits per heavy atom. The Hall–Kier alpha value is -7.50. The first-order valence-electron chi connectivity index (χ1n) is 35.1. The number of ether oxygens (including phenoxy) is 1. The Bertz CT molecular complexity index is 2760. The van der Waals surface area contributed by atoms with Gasteiger partial charge in [0.2, 0.25) is 70.9 Å². The van der Waals surface area contributed by atoms with E-state index in [1.165, 1.54) is 13.8 Å². The molecule has 1 aliphatic heterocycles. The lowest BCUT2D eigenvalue weighted by Gasteiger charge is -2.30. The van der Waals surface area contributed by atoms with Gasteiger partial charge >= 0.3 is 0 Å². The first-order valence-corrected chi connectivity index (χ1v) is 35.1. The van der Waals surface area contributed by atoms with E-state index in [9.17, 15) is 67.7 Å². The molecule has 0 aliphatic carbocycles. The number of hydrogen-bond acceptors (Lipinski definition) is 21. The van der Waals surface area contributed by atoms with Crippen LogP contribution in [0.15, 0.2) is 30.3 Å². The van der Waals surface area contributed by atoms with Gasteiger partial charge in [0.05, 0.1) is 24.4 Å². The molecule has 33 heteroatoms. The molecule has 12 amide bonds. The Morgan fingerprint density at radius 1 is 0.560 bits per heavy atom. The zero-order chi connectivity index (χ0) is 75.3. The summed E-state index contributed by atoms with van der Waals surface area (Å²) in [6, 6.07) is -7.95. The van der Waals surface area contributed by atoms with E-state index in [0.29, 0.717) is 18.4 Å². The summed E-state index contributed by atoms with van der Waals surface area (Å²) in [5, 5.41) is 52.9. The molecule has 1 heterocycles. The lowest BCUT2D eigenvalue weighted by atomic mass is 10.00. The van der Waals surface area contributed by atoms with E-state index in [4.69, 9.17) is 39.1 Å². The summed E-state index contributed by atoms with van der Waals surface area (Å²) >= 11 is 0. The fraction of sp³-hybridized carbons (Fsp3) is 0.731. The highest BCUT2D eigenvalue weighted by atomic mass is 16.5. The third-order valence-electron chi connectivity index (χ3n) is 16.5. The zero-order valence-electron chi connectivity index (χ0n) is 60.1. The molecule has 0 aromatic heterocycles. The predicted molar refractivity (Wildman–Crippen MR) is 376 cm³/mol. The summed E-state index contributed by atoms with van der Waals surface area (Å²) in [6.45, 7) is 14.1. The molecule has 1 saturated heterocycles. The summed E-state index contributed by atoms with van der Waals surface area (Å²) in [5.74, 6) is -11.0. The standard InChI is InChI=1S/C67H120N18O15/c1-10-11-12-13-14-18-21-43(75-52(88)22-29-67(8,9)100-38-66(6,7)73)55(89)77-48(27-34-72)61(95)85-54(41(5)87)65(99)81-46(25-32-70)57(91)80-49-28-35-74-64(98)53(40(4)86)84-60(94)47(26-33-71)78-56(90)44(23-30-68)79-62(96)50(36-39(2)3)82-63(97)51(37-42-19-16-15-17-20-42)83-58(92)45(24-31-69)76-59(49)93/h15-17,19-20,39-41,43-51,53-54,86-87H,10-14,18,21-38,68-73H2,1-9H3,(H,74,98)(H,75,88)(H,76,93)(H,77,89)(H,78,90)(H,79,96)(H,80,91)(H,81,99)(H,82,97)(H,83,92)(H,84,94)(H,85,95)/t40-,41-,43+,44+,45+,46+,47+,48+,49+,50+,51-,53+,54+/m1/s1. The number of aliphatic hydroxyl groups excluding tert-OH is 2. The number of unbranched alkanes of at least 4 members (excludes halogenated alkanes) is 5. The Kier molecular flexibility index (Phi) is 40.8. The topological polar surface area (TPSA) is 555 Å². The van der Waals surface area contributed by atoms with Crippen LogP contribution in [-0.2, 0) is 68.7 Å². The number of hydrogen-bond donors (Lipinski definition) is 20. The maximum atomic E-state index is 14.7. The van der Waals surface area contributed by atoms with Crippen molar-refractivity contribution in [1.82, 2.24) is 63.8 Å². The molecular weight excluding hydrogens is 1300 g/mol. The van der Waals surface area contributed by atoms with Crippen molar-refractivity contribution in [2.24, 2.45) is 40.3 Å². The van der Waals surface area contributed by atoms with Crippen molar-refractivity contribution in [2.45, 2.75) is 261 Å². The van der Waals surface area contributed by atoms with Crippen molar-refractivity contribution in [2.75, 3.05) is 45.9 Å². The molecule has 2 rings (SSSR count). The number of amides is 12. The molecule has 0 radical (unpaired) electrons. The molecule has 1 aromatic rings. The monoisotopic (exact) mass is 1420 g/mol. The normalized spacial score (nSPS) is 21.5. The average Bonchev–Trinajstić information content (AvgIpc) is 0.923. The number of aliphatic hydroxyl groups is 2. The van der Waals surface area contributed by atoms with Gasteiger partial charge in [-0.1, -0.05) is 89.6 Å². The van der Waals surface area contributed by atoms with E-state index < -0.39 is 174 Å². The van der Waals surface area contributed by atoms with Crippen molar-refractivity contribution < 1.29 is 72.5 Å². The van der Waals surface area contributed by atoms with Crippen molar-refractivity contribution in [3.8, 4) is 0 Å². The Morgan fingerprint density at radius 3 is 1.55 bits per heavy atom. The predicted octanol–water partition coefficient (Wildman–Crippen LogP) is -4.30. The van der Waals surface area contributed by atoms with Gasteiger partial charge in [0.15, 0.2) is 0 Å². The third-order valence-corrected chi connectivity index (χ3v) is 16.5. The van der Waals surface area contributed by atoms with Crippen LogP contribution in [0.3, 0.4) is 0 Å². The lowest BCUT2D eigenvalue weighted by Crippen LogP contribution is -2.62. The minimum atomic E-state index is -1.81. The van der Waals surface area contributed by atoms with Crippen molar-refractivity contribution in [3.63, 3.8) is 0 Å². The molecule has 100 heavy (non-hydrogen) atoms. The van der Waals surface area contributed by atoms with Crippen LogP contribution < -0.4 is 98.2 Å². The van der Waals surface area contributed by atoms with Gasteiger partial charge in [0.1, 0.15) is 66.5 Å². The van der Waals surface area contributed by atoms with Crippen LogP contribution in [0, 0.1) is 5.92 Å². The van der Waals surface area contributed by atoms with E-state index in [-0.39, 0.29) is 103 Å². The van der Waals surface area contributed by atoms with Crippen LogP contribution in [0.1, 0.15) is 171 Å². The highest BCUT2D eigenvalue weighted by molar-refractivity contribution is 5.99. The summed E-state index contributed by atoms with van der Waals surface area (Å²) in [5.41, 5.74) is 35.0. The first-order chi connectivity index (χ1) is 47.1. The molecule has 26 N–H and O–H groups in total. The van der Waals surface area contributed by atoms with Gasteiger partial charge in [0, 0.05) is 24.9 Å². The zero-order valence-corrected chi connectivity index (χ0v) is 60.1. The molecule has 0 spiro atoms. The highest BCUT2D eigenvalue weighted by Gasteiger charge is 2.39. The van der Waals surface area contributed by atoms with Crippen LogP contribution in [-0.4, -0.2) is 217 Å². The molecule has 33 nitrogen and oxygen atoms in total. The van der Waals surface area contributed by atoms with Gasteiger partial charge in [-0.15, -0.1) is 0 Å². The maximum Gasteiger partial charge on any atom is 0.245 e. The van der Waals surface area contributed by atoms with Crippen LogP contribution in [0.25, 0.3) is 0 Å². The van der Waals surface area contributed by atoms with Crippen molar-refractivity contribution in [1.29, 1.82) is 0 Å². The smallest absolute Gasteiger partial charge is 0.245 e. The molecule has 13 atom stereocenters. The molecular formula is C67H120N18O15. The molecule has 1 aromatic carbocycles. The van der Waals surface area contributed by atoms with Gasteiger partial charge in [0.25, 0.3) is 0 Å². The van der Waals surface area contributed by atoms with E-state index >= 15 is 0 Å². The second-order valence-corrected chi connectivity index (χ2v) is 27.4. The molecule has 1 fully saturated rings. The quantitative estimate of drug-likeness (QED) is 0.0279. The number of nitrogens with two attached hydrogens (primary N) is 6. The number of nitrogens with one attached hydrogen (secondary N) is 12. The highest BCUT2D eigenvalue weighted by Crippen LogP contribution is 2.20. The fourth-order valence-electron chi connectivity index (χ4n) is 10.7. The first kappa shape index (κ1) is 88.6. The van der Waals surface area contributed by atoms with Gasteiger partial charge in [-0.05, 0) is 144 Å². The van der Waals surface area contributed by atoms with Crippen molar-refractivity contribution in [3.05, 3.63) is 35.9 Å². The fourth-order valence-corrected chi connectivity index (χ4v) is 10.7. The second kappa shape index (κ2) is 46.1. The SMILES string of the molecule is CCCCCCCC[C@H](NC(=O)CCC(C)(C)OCC(C)(C)N)C(=O)N[C@@H](CCN)C(=O)N[C@H](C(=O)N[C@@H](CCN)C(=O)N[C@H]1CCNC(=O)[C@H]([C@@H](C)O)NC(=O)[C@H](CCN)NC(=O)[C@H](CCN)NC(=O)[C@H](CC(C)C)NC(=O)[C@@H](Cc2ccccc2)NC(=O)[C@H](CCN)NC1=O)[C@@H](C)O. The summed E-state index contributed by atoms with van der Waals surface area (Å²) in [7, 11) is 0. The van der Waals surface area contributed by atoms with Gasteiger partial charge < -0.3 is 113 Å². The van der Waals surface area contributed by atoms with Gasteiger partial charge in [-0.3, -0.25) is 57.5 Å². The Labute approximate surface area is 588 Å². The minimum Gasteiger partial charge on any atom is -0.391 e. The maximum absolute atomic E-state index is 14.7. The molecule has 0 saturated carbocycles. The van der Waals surface area contributed by atoms with E-state index in [0.717, 1.165) is 32.1 Å². The number of rotatable bonds is 38. The van der Waals surface area contributed by atoms with E-state index in [2.05, 4.69) is 70.7 Å². The molecule has 0 bridgehead atoms. The minimum absolute atomic E-state index is 0.00603. The average molecular weight is 1420 g/mol. The number of carbonyl (C=O) groups is 12. The summed E-state index contributed by atoms with van der Waals surface area (Å²) < 4.78 is 5.98. The van der Waals surface area contributed by atoms with Gasteiger partial charge in [-0.25, -0.2) is 0 Å². The summed E-state index contributed by atoms with van der Waals surface area (Å²) in [4.78, 5) is 170. The summed E-state index contributed by atoms with van der Waals surface area (Å²) in [6.07, 6.45) is 0.853. The van der Waals surface area contributed by atoms with Crippen LogP contribution in [0.4, 0.5) is 0 Å². The third kappa shape index (κ3) is 33.8. The largest absolute Gasteiger partial charge is 0.391 e. The van der Waals surface area contributed by atoms with E-state index in [1.54, 1.807) is 44.2 Å². The van der Waals surface area contributed by atoms with Crippen LogP contribution in [0.2, 0.25) is 0 Å². The van der Waals surface area contributed by atoms with Crippen LogP contribution >= 0.6 is 0 Å². The van der Waals surface area contributed by atoms with Crippen LogP contribution in [0.5, 0.6) is 0 Å². The number of carbonyl (C=O) groups excluding carboxylic acids is 12. The molecule has 0 unspecified atom stereocenters. The molecule has 1 aliphatic rings. The second-order valence-electron chi connectivity index (χ2n) is 27.4. The molecule has 568 valence electrons. The number of benzene rings is 1.